The summed E-state index contributed by atoms with van der Waals surface area (Å²) in [5.41, 5.74) is 1.59. The maximum Gasteiger partial charge on any atom is 0.199 e. The normalized spacial score (nSPS) is 25.4. The molecule has 2 fully saturated rings. The molecule has 2 saturated heterocycles. The monoisotopic (exact) mass is 358 g/mol. The van der Waals surface area contributed by atoms with Crippen LogP contribution in [0, 0.1) is 0 Å². The van der Waals surface area contributed by atoms with Crippen molar-refractivity contribution in [1.82, 2.24) is 0 Å². The van der Waals surface area contributed by atoms with Crippen molar-refractivity contribution in [2.75, 3.05) is 6.61 Å². The van der Waals surface area contributed by atoms with Gasteiger partial charge in [-0.15, -0.1) is 0 Å². The van der Waals surface area contributed by atoms with Crippen molar-refractivity contribution >= 4 is 17.4 Å². The van der Waals surface area contributed by atoms with Crippen LogP contribution in [0.5, 0.6) is 5.75 Å². The summed E-state index contributed by atoms with van der Waals surface area (Å²) in [5, 5.41) is 0.671. The van der Waals surface area contributed by atoms with Gasteiger partial charge in [0.25, 0.3) is 0 Å². The molecule has 0 bridgehead atoms. The van der Waals surface area contributed by atoms with E-state index in [2.05, 4.69) is 0 Å². The molecule has 3 atom stereocenters. The molecule has 2 heterocycles. The van der Waals surface area contributed by atoms with Gasteiger partial charge in [-0.3, -0.25) is 4.79 Å². The van der Waals surface area contributed by atoms with E-state index in [9.17, 15) is 4.79 Å². The maximum atomic E-state index is 12.5. The quantitative estimate of drug-likeness (QED) is 0.580. The molecule has 4 nitrogen and oxygen atoms in total. The van der Waals surface area contributed by atoms with Crippen LogP contribution in [0.1, 0.15) is 41.3 Å². The Kier molecular flexibility index (Phi) is 4.75. The molecule has 130 valence electrons. The molecule has 4 rings (SSSR count). The standard InChI is InChI=1S/C20H19ClO4/c21-15-8-4-14(5-9-15)19-20(25-19)18(22)13-6-10-16(11-7-13)24-17-3-1-2-12-23-17/h4-11,17,19-20H,1-3,12H2. The predicted octanol–water partition coefficient (Wildman–Crippen LogP) is 4.57. The highest BCUT2D eigenvalue weighted by Gasteiger charge is 2.46. The molecule has 2 aliphatic heterocycles. The Morgan fingerprint density at radius 1 is 1.04 bits per heavy atom. The van der Waals surface area contributed by atoms with E-state index in [0.29, 0.717) is 10.6 Å². The van der Waals surface area contributed by atoms with Crippen LogP contribution in [0.25, 0.3) is 0 Å². The van der Waals surface area contributed by atoms with Crippen LogP contribution in [0.15, 0.2) is 48.5 Å². The second-order valence-electron chi connectivity index (χ2n) is 6.33. The fourth-order valence-corrected chi connectivity index (χ4v) is 3.16. The van der Waals surface area contributed by atoms with E-state index in [1.54, 1.807) is 24.3 Å². The molecular weight excluding hydrogens is 340 g/mol. The molecule has 0 radical (unpaired) electrons. The lowest BCUT2D eigenvalue weighted by molar-refractivity contribution is -0.105. The minimum absolute atomic E-state index is 0.0135. The molecule has 0 aliphatic carbocycles. The minimum atomic E-state index is -0.422. The first-order chi connectivity index (χ1) is 12.2. The molecular formula is C20H19ClO4. The summed E-state index contributed by atoms with van der Waals surface area (Å²) < 4.78 is 16.9. The van der Waals surface area contributed by atoms with Crippen molar-refractivity contribution < 1.29 is 19.0 Å². The number of ketones is 1. The summed E-state index contributed by atoms with van der Waals surface area (Å²) in [6.45, 7) is 0.742. The molecule has 0 saturated carbocycles. The number of benzene rings is 2. The maximum absolute atomic E-state index is 12.5. The Morgan fingerprint density at radius 3 is 2.48 bits per heavy atom. The van der Waals surface area contributed by atoms with Gasteiger partial charge in [0.2, 0.25) is 0 Å². The summed E-state index contributed by atoms with van der Waals surface area (Å²) in [6.07, 6.45) is 2.32. The Morgan fingerprint density at radius 2 is 1.80 bits per heavy atom. The van der Waals surface area contributed by atoms with Crippen LogP contribution >= 0.6 is 11.6 Å². The number of hydrogen-bond donors (Lipinski definition) is 0. The zero-order valence-electron chi connectivity index (χ0n) is 13.7. The first-order valence-electron chi connectivity index (χ1n) is 8.54. The van der Waals surface area contributed by atoms with E-state index < -0.39 is 6.10 Å². The van der Waals surface area contributed by atoms with Gasteiger partial charge in [-0.1, -0.05) is 23.7 Å². The molecule has 0 N–H and O–H groups in total. The van der Waals surface area contributed by atoms with Crippen molar-refractivity contribution in [3.8, 4) is 5.75 Å². The van der Waals surface area contributed by atoms with Gasteiger partial charge in [-0.05, 0) is 54.8 Å². The van der Waals surface area contributed by atoms with E-state index in [-0.39, 0.29) is 18.2 Å². The van der Waals surface area contributed by atoms with Gasteiger partial charge in [-0.25, -0.2) is 0 Å². The van der Waals surface area contributed by atoms with Gasteiger partial charge in [0.05, 0.1) is 6.61 Å². The topological polar surface area (TPSA) is 48.1 Å². The van der Waals surface area contributed by atoms with Gasteiger partial charge in [0.1, 0.15) is 11.9 Å². The lowest BCUT2D eigenvalue weighted by Crippen LogP contribution is -2.24. The summed E-state index contributed by atoms with van der Waals surface area (Å²) in [5.74, 6) is 0.704. The van der Waals surface area contributed by atoms with Crippen molar-refractivity contribution in [1.29, 1.82) is 0 Å². The summed E-state index contributed by atoms with van der Waals surface area (Å²) in [4.78, 5) is 12.5. The molecule has 2 aliphatic rings. The van der Waals surface area contributed by atoms with E-state index in [4.69, 9.17) is 25.8 Å². The highest BCUT2D eigenvalue weighted by molar-refractivity contribution is 6.30. The first-order valence-corrected chi connectivity index (χ1v) is 8.92. The molecule has 2 aromatic rings. The van der Waals surface area contributed by atoms with Crippen molar-refractivity contribution in [3.63, 3.8) is 0 Å². The van der Waals surface area contributed by atoms with Crippen LogP contribution in [0.3, 0.4) is 0 Å². The fourth-order valence-electron chi connectivity index (χ4n) is 3.04. The lowest BCUT2D eigenvalue weighted by Gasteiger charge is -2.23. The largest absolute Gasteiger partial charge is 0.465 e. The number of halogens is 1. The van der Waals surface area contributed by atoms with E-state index in [1.807, 2.05) is 24.3 Å². The van der Waals surface area contributed by atoms with Crippen LogP contribution < -0.4 is 4.74 Å². The van der Waals surface area contributed by atoms with Crippen molar-refractivity contribution in [3.05, 3.63) is 64.7 Å². The number of carbonyl (C=O) groups is 1. The Labute approximate surface area is 151 Å². The van der Waals surface area contributed by atoms with E-state index in [1.165, 1.54) is 0 Å². The van der Waals surface area contributed by atoms with Crippen LogP contribution in [0.4, 0.5) is 0 Å². The van der Waals surface area contributed by atoms with Crippen molar-refractivity contribution in [2.45, 2.75) is 37.8 Å². The summed E-state index contributed by atoms with van der Waals surface area (Å²) in [7, 11) is 0. The Balaban J connectivity index is 1.37. The van der Waals surface area contributed by atoms with E-state index >= 15 is 0 Å². The van der Waals surface area contributed by atoms with Crippen LogP contribution in [-0.4, -0.2) is 24.8 Å². The SMILES string of the molecule is O=C(c1ccc(OC2CCCCO2)cc1)C1OC1c1ccc(Cl)cc1. The fraction of sp³-hybridized carbons (Fsp3) is 0.350. The highest BCUT2D eigenvalue weighted by atomic mass is 35.5. The number of rotatable bonds is 5. The number of Topliss-reactive ketones (excluding diaryl/α,β-unsaturated/α-hetero) is 1. The van der Waals surface area contributed by atoms with Crippen LogP contribution in [-0.2, 0) is 9.47 Å². The third-order valence-corrected chi connectivity index (χ3v) is 4.74. The lowest BCUT2D eigenvalue weighted by atomic mass is 10.0. The number of ether oxygens (including phenoxy) is 3. The zero-order chi connectivity index (χ0) is 17.2. The Bertz CT molecular complexity index is 735. The average molecular weight is 359 g/mol. The van der Waals surface area contributed by atoms with Crippen molar-refractivity contribution in [2.24, 2.45) is 0 Å². The van der Waals surface area contributed by atoms with Gasteiger partial charge in [-0.2, -0.15) is 0 Å². The first kappa shape index (κ1) is 16.6. The van der Waals surface area contributed by atoms with Gasteiger partial charge in [0.15, 0.2) is 18.2 Å². The summed E-state index contributed by atoms with van der Waals surface area (Å²) in [6, 6.07) is 14.6. The summed E-state index contributed by atoms with van der Waals surface area (Å²) >= 11 is 5.89. The number of hydrogen-bond acceptors (Lipinski definition) is 4. The molecule has 25 heavy (non-hydrogen) atoms. The second kappa shape index (κ2) is 7.16. The van der Waals surface area contributed by atoms with Gasteiger partial charge >= 0.3 is 0 Å². The average Bonchev–Trinajstić information content (AvgIpc) is 3.44. The van der Waals surface area contributed by atoms with E-state index in [0.717, 1.165) is 37.2 Å². The number of carbonyl (C=O) groups excluding carboxylic acids is 1. The predicted molar refractivity (Wildman–Crippen MR) is 94.1 cm³/mol. The van der Waals surface area contributed by atoms with Crippen LogP contribution in [0.2, 0.25) is 5.02 Å². The molecule has 3 unspecified atom stereocenters. The van der Waals surface area contributed by atoms with Gasteiger partial charge in [0, 0.05) is 17.0 Å². The highest BCUT2D eigenvalue weighted by Crippen LogP contribution is 2.41. The third kappa shape index (κ3) is 3.87. The number of epoxide rings is 1. The molecule has 0 spiro atoms. The molecule has 0 aromatic heterocycles. The molecule has 2 aromatic carbocycles. The molecule has 5 heteroatoms. The zero-order valence-corrected chi connectivity index (χ0v) is 14.4. The second-order valence-corrected chi connectivity index (χ2v) is 6.77. The smallest absolute Gasteiger partial charge is 0.199 e. The van der Waals surface area contributed by atoms with Gasteiger partial charge < -0.3 is 14.2 Å². The Hall–Kier alpha value is -1.88. The minimum Gasteiger partial charge on any atom is -0.465 e. The molecule has 0 amide bonds. The third-order valence-electron chi connectivity index (χ3n) is 4.49.